The van der Waals surface area contributed by atoms with Crippen molar-refractivity contribution in [2.45, 2.75) is 6.92 Å². The molecule has 0 saturated heterocycles. The molecule has 11 heteroatoms. The van der Waals surface area contributed by atoms with E-state index in [4.69, 9.17) is 9.47 Å². The van der Waals surface area contributed by atoms with Gasteiger partial charge in [-0.05, 0) is 61.5 Å². The lowest BCUT2D eigenvalue weighted by molar-refractivity contribution is 0.0600. The summed E-state index contributed by atoms with van der Waals surface area (Å²) in [6.45, 7) is 1.65. The van der Waals surface area contributed by atoms with Crippen molar-refractivity contribution in [1.82, 2.24) is 9.38 Å². The van der Waals surface area contributed by atoms with Crippen LogP contribution in [0.5, 0.6) is 11.5 Å². The van der Waals surface area contributed by atoms with E-state index in [0.29, 0.717) is 22.9 Å². The monoisotopic (exact) mass is 554 g/mol. The maximum absolute atomic E-state index is 13.5. The molecule has 0 spiro atoms. The van der Waals surface area contributed by atoms with Gasteiger partial charge in [0.2, 0.25) is 0 Å². The molecule has 3 aromatic carbocycles. The summed E-state index contributed by atoms with van der Waals surface area (Å²) in [4.78, 5) is 56.2. The van der Waals surface area contributed by atoms with E-state index < -0.39 is 23.3 Å². The number of hydrogen-bond donors (Lipinski definition) is 2. The Morgan fingerprint density at radius 2 is 1.52 bits per heavy atom. The minimum atomic E-state index is -0.724. The Balaban J connectivity index is 1.45. The van der Waals surface area contributed by atoms with Gasteiger partial charge in [0, 0.05) is 23.1 Å². The highest BCUT2D eigenvalue weighted by atomic mass is 32.1. The van der Waals surface area contributed by atoms with Crippen molar-refractivity contribution >= 4 is 45.5 Å². The first-order chi connectivity index (χ1) is 19.3. The zero-order valence-corrected chi connectivity index (χ0v) is 22.2. The number of amides is 2. The Hall–Kier alpha value is -5.29. The molecule has 0 saturated carbocycles. The molecule has 10 nitrogen and oxygen atoms in total. The fourth-order valence-electron chi connectivity index (χ4n) is 3.90. The first kappa shape index (κ1) is 26.3. The highest BCUT2D eigenvalue weighted by molar-refractivity contribution is 7.19. The first-order valence-electron chi connectivity index (χ1n) is 12.0. The normalized spacial score (nSPS) is 10.7. The number of methoxy groups -OCH3 is 1. The van der Waals surface area contributed by atoms with Gasteiger partial charge in [0.05, 0.1) is 12.7 Å². The molecule has 2 amide bonds. The summed E-state index contributed by atoms with van der Waals surface area (Å²) >= 11 is 0.915. The number of ether oxygens (including phenoxy) is 2. The number of nitrogens with one attached hydrogen (secondary N) is 2. The zero-order chi connectivity index (χ0) is 28.2. The average molecular weight is 555 g/mol. The molecule has 0 unspecified atom stereocenters. The Kier molecular flexibility index (Phi) is 7.38. The summed E-state index contributed by atoms with van der Waals surface area (Å²) in [6.07, 6.45) is 0. The van der Waals surface area contributed by atoms with Crippen molar-refractivity contribution in [2.75, 3.05) is 17.7 Å². The molecule has 0 radical (unpaired) electrons. The number of hydrogen-bond acceptors (Lipinski definition) is 8. The van der Waals surface area contributed by atoms with Crippen molar-refractivity contribution in [1.29, 1.82) is 0 Å². The predicted molar refractivity (Wildman–Crippen MR) is 151 cm³/mol. The Bertz CT molecular complexity index is 1800. The van der Waals surface area contributed by atoms with Crippen molar-refractivity contribution in [3.05, 3.63) is 117 Å². The van der Waals surface area contributed by atoms with Gasteiger partial charge in [-0.25, -0.2) is 14.2 Å². The smallest absolute Gasteiger partial charge is 0.337 e. The highest BCUT2D eigenvalue weighted by Gasteiger charge is 2.26. The van der Waals surface area contributed by atoms with E-state index in [9.17, 15) is 19.2 Å². The first-order valence-corrected chi connectivity index (χ1v) is 12.8. The number of aryl methyl sites for hydroxylation is 1. The van der Waals surface area contributed by atoms with Crippen LogP contribution < -0.4 is 20.9 Å². The van der Waals surface area contributed by atoms with E-state index in [2.05, 4.69) is 15.6 Å². The van der Waals surface area contributed by atoms with E-state index in [1.165, 1.54) is 25.3 Å². The molecule has 200 valence electrons. The van der Waals surface area contributed by atoms with E-state index in [-0.39, 0.29) is 26.8 Å². The lowest BCUT2D eigenvalue weighted by Crippen LogP contribution is -2.25. The minimum absolute atomic E-state index is 0.0126. The summed E-state index contributed by atoms with van der Waals surface area (Å²) in [6, 6.07) is 23.4. The second-order valence-electron chi connectivity index (χ2n) is 8.55. The van der Waals surface area contributed by atoms with Crippen LogP contribution in [0.4, 0.5) is 11.4 Å². The van der Waals surface area contributed by atoms with Gasteiger partial charge in [0.1, 0.15) is 22.1 Å². The standard InChI is InChI=1S/C29H22N4O6S/c1-17-15-23(34)33-24(26(35)32-20-8-6-7-18(16-20)28(37)38-2)25(40-29(33)30-17)27(36)31-19-11-13-22(14-12-19)39-21-9-4-3-5-10-21/h3-16H,1-2H3,(H,31,36)(H,32,35). The molecule has 40 heavy (non-hydrogen) atoms. The van der Waals surface area contributed by atoms with Gasteiger partial charge in [-0.3, -0.25) is 14.4 Å². The molecule has 5 rings (SSSR count). The number of thiazole rings is 1. The Labute approximate surface area is 231 Å². The molecule has 2 aromatic heterocycles. The predicted octanol–water partition coefficient (Wildman–Crippen LogP) is 5.15. The molecule has 0 aliphatic carbocycles. The van der Waals surface area contributed by atoms with Gasteiger partial charge in [-0.15, -0.1) is 0 Å². The number of rotatable bonds is 7. The van der Waals surface area contributed by atoms with Crippen LogP contribution in [0.3, 0.4) is 0 Å². The summed E-state index contributed by atoms with van der Waals surface area (Å²) in [5, 5.41) is 5.43. The number of carbonyl (C=O) groups excluding carboxylic acids is 3. The number of aromatic nitrogens is 2. The third-order valence-electron chi connectivity index (χ3n) is 5.70. The maximum Gasteiger partial charge on any atom is 0.337 e. The van der Waals surface area contributed by atoms with E-state index in [1.54, 1.807) is 43.3 Å². The summed E-state index contributed by atoms with van der Waals surface area (Å²) in [7, 11) is 1.25. The number of nitrogens with zero attached hydrogens (tertiary/aromatic N) is 2. The summed E-state index contributed by atoms with van der Waals surface area (Å²) in [5.74, 6) is -0.652. The molecule has 0 bridgehead atoms. The van der Waals surface area contributed by atoms with Crippen LogP contribution in [-0.2, 0) is 4.74 Å². The fraction of sp³-hybridized carbons (Fsp3) is 0.0690. The second kappa shape index (κ2) is 11.2. The second-order valence-corrected chi connectivity index (χ2v) is 9.53. The molecule has 0 aliphatic heterocycles. The van der Waals surface area contributed by atoms with Gasteiger partial charge in [-0.1, -0.05) is 35.6 Å². The SMILES string of the molecule is COC(=O)c1cccc(NC(=O)c2c(C(=O)Nc3ccc(Oc4ccccc4)cc3)sc3nc(C)cc(=O)n23)c1. The molecule has 0 atom stereocenters. The van der Waals surface area contributed by atoms with Crippen molar-refractivity contribution in [2.24, 2.45) is 0 Å². The maximum atomic E-state index is 13.5. The lowest BCUT2D eigenvalue weighted by Gasteiger charge is -2.10. The van der Waals surface area contributed by atoms with Crippen LogP contribution >= 0.6 is 11.3 Å². The van der Waals surface area contributed by atoms with Gasteiger partial charge >= 0.3 is 5.97 Å². The number of benzene rings is 3. The van der Waals surface area contributed by atoms with Gasteiger partial charge in [0.15, 0.2) is 4.96 Å². The molecular formula is C29H22N4O6S. The molecule has 5 aromatic rings. The van der Waals surface area contributed by atoms with E-state index in [0.717, 1.165) is 15.7 Å². The summed E-state index contributed by atoms with van der Waals surface area (Å²) in [5.41, 5.74) is 0.723. The zero-order valence-electron chi connectivity index (χ0n) is 21.3. The number of carbonyl (C=O) groups is 3. The van der Waals surface area contributed by atoms with Gasteiger partial charge in [0.25, 0.3) is 17.4 Å². The fourth-order valence-corrected chi connectivity index (χ4v) is 4.96. The summed E-state index contributed by atoms with van der Waals surface area (Å²) < 4.78 is 11.6. The van der Waals surface area contributed by atoms with E-state index in [1.807, 2.05) is 30.3 Å². The minimum Gasteiger partial charge on any atom is -0.465 e. The molecule has 0 aliphatic rings. The van der Waals surface area contributed by atoms with Crippen molar-refractivity contribution in [3.8, 4) is 11.5 Å². The third kappa shape index (κ3) is 5.59. The number of fused-ring (bicyclic) bond motifs is 1. The van der Waals surface area contributed by atoms with Gasteiger partial charge < -0.3 is 20.1 Å². The third-order valence-corrected chi connectivity index (χ3v) is 6.74. The number of anilines is 2. The van der Waals surface area contributed by atoms with Gasteiger partial charge in [-0.2, -0.15) is 0 Å². The van der Waals surface area contributed by atoms with E-state index >= 15 is 0 Å². The van der Waals surface area contributed by atoms with Crippen molar-refractivity contribution < 1.29 is 23.9 Å². The number of para-hydroxylation sites is 1. The Morgan fingerprint density at radius 1 is 0.825 bits per heavy atom. The van der Waals surface area contributed by atoms with Crippen LogP contribution in [0.2, 0.25) is 0 Å². The van der Waals surface area contributed by atoms with Crippen LogP contribution in [0.25, 0.3) is 4.96 Å². The lowest BCUT2D eigenvalue weighted by atomic mass is 10.2. The molecule has 2 N–H and O–H groups in total. The average Bonchev–Trinajstić information content (AvgIpc) is 3.34. The van der Waals surface area contributed by atoms with Crippen LogP contribution in [0.15, 0.2) is 89.7 Å². The molecule has 2 heterocycles. The van der Waals surface area contributed by atoms with Crippen LogP contribution in [0, 0.1) is 6.92 Å². The van der Waals surface area contributed by atoms with Crippen LogP contribution in [0.1, 0.15) is 36.2 Å². The van der Waals surface area contributed by atoms with Crippen LogP contribution in [-0.4, -0.2) is 34.3 Å². The molecule has 0 fully saturated rings. The van der Waals surface area contributed by atoms with Crippen molar-refractivity contribution in [3.63, 3.8) is 0 Å². The highest BCUT2D eigenvalue weighted by Crippen LogP contribution is 2.26. The quantitative estimate of drug-likeness (QED) is 0.266. The number of esters is 1. The largest absolute Gasteiger partial charge is 0.465 e. The Morgan fingerprint density at radius 3 is 2.25 bits per heavy atom. The topological polar surface area (TPSA) is 128 Å². The molecular weight excluding hydrogens is 532 g/mol.